The Morgan fingerprint density at radius 1 is 1.50 bits per heavy atom. The summed E-state index contributed by atoms with van der Waals surface area (Å²) in [5, 5.41) is 3.32. The zero-order chi connectivity index (χ0) is 10.8. The maximum Gasteiger partial charge on any atom is 0.223 e. The van der Waals surface area contributed by atoms with E-state index in [1.807, 2.05) is 4.90 Å². The number of nitrogens with zero attached hydrogens (tertiary/aromatic N) is 1. The molecule has 0 aromatic carbocycles. The molecule has 1 heterocycles. The van der Waals surface area contributed by atoms with E-state index in [1.165, 1.54) is 0 Å². The molecule has 3 heteroatoms. The van der Waals surface area contributed by atoms with Crippen molar-refractivity contribution < 1.29 is 4.79 Å². The minimum absolute atomic E-state index is 0.0236. The van der Waals surface area contributed by atoms with Crippen LogP contribution in [0.1, 0.15) is 34.1 Å². The predicted octanol–water partition coefficient (Wildman–Crippen LogP) is 1.24. The quantitative estimate of drug-likeness (QED) is 0.724. The van der Waals surface area contributed by atoms with Crippen LogP contribution >= 0.6 is 0 Å². The first-order valence-corrected chi connectivity index (χ1v) is 5.44. The van der Waals surface area contributed by atoms with E-state index < -0.39 is 0 Å². The van der Waals surface area contributed by atoms with Crippen LogP contribution in [-0.2, 0) is 4.79 Å². The summed E-state index contributed by atoms with van der Waals surface area (Å²) in [6.07, 6.45) is 0.670. The van der Waals surface area contributed by atoms with Gasteiger partial charge < -0.3 is 10.2 Å². The summed E-state index contributed by atoms with van der Waals surface area (Å²) in [4.78, 5) is 13.9. The molecule has 1 aliphatic heterocycles. The Labute approximate surface area is 86.9 Å². The van der Waals surface area contributed by atoms with Gasteiger partial charge in [-0.1, -0.05) is 13.8 Å². The Morgan fingerprint density at radius 2 is 2.14 bits per heavy atom. The van der Waals surface area contributed by atoms with Crippen LogP contribution in [0.2, 0.25) is 0 Å². The van der Waals surface area contributed by atoms with Crippen LogP contribution in [0, 0.1) is 5.92 Å². The number of rotatable bonds is 2. The molecule has 0 atom stereocenters. The number of carbonyl (C=O) groups is 1. The molecule has 1 rings (SSSR count). The van der Waals surface area contributed by atoms with Gasteiger partial charge in [0.1, 0.15) is 0 Å². The normalized spacial score (nSPS) is 21.4. The van der Waals surface area contributed by atoms with Crippen molar-refractivity contribution in [1.82, 2.24) is 10.2 Å². The molecule has 0 bridgehead atoms. The summed E-state index contributed by atoms with van der Waals surface area (Å²) in [6.45, 7) is 11.1. The molecule has 0 radical (unpaired) electrons. The predicted molar refractivity (Wildman–Crippen MR) is 58.1 cm³/mol. The van der Waals surface area contributed by atoms with Gasteiger partial charge in [0, 0.05) is 31.6 Å². The Balaban J connectivity index is 2.60. The number of piperazine rings is 1. The maximum atomic E-state index is 11.9. The molecule has 82 valence electrons. The largest absolute Gasteiger partial charge is 0.335 e. The Bertz CT molecular complexity index is 211. The molecule has 0 saturated carbocycles. The van der Waals surface area contributed by atoms with Crippen molar-refractivity contribution in [1.29, 1.82) is 0 Å². The second-order valence-corrected chi connectivity index (χ2v) is 5.13. The monoisotopic (exact) mass is 198 g/mol. The third-order valence-corrected chi connectivity index (χ3v) is 2.68. The van der Waals surface area contributed by atoms with Crippen molar-refractivity contribution in [2.45, 2.75) is 39.7 Å². The molecule has 1 saturated heterocycles. The highest BCUT2D eigenvalue weighted by Crippen LogP contribution is 2.18. The second kappa shape index (κ2) is 4.30. The third-order valence-electron chi connectivity index (χ3n) is 2.68. The van der Waals surface area contributed by atoms with Crippen LogP contribution in [0.3, 0.4) is 0 Å². The summed E-state index contributed by atoms with van der Waals surface area (Å²) < 4.78 is 0. The highest BCUT2D eigenvalue weighted by Gasteiger charge is 2.32. The lowest BCUT2D eigenvalue weighted by Gasteiger charge is -2.43. The molecule has 1 aliphatic rings. The highest BCUT2D eigenvalue weighted by molar-refractivity contribution is 5.77. The van der Waals surface area contributed by atoms with Crippen molar-refractivity contribution in [3.63, 3.8) is 0 Å². The molecule has 1 N–H and O–H groups in total. The van der Waals surface area contributed by atoms with E-state index >= 15 is 0 Å². The number of hydrogen-bond donors (Lipinski definition) is 1. The maximum absolute atomic E-state index is 11.9. The minimum atomic E-state index is -0.0236. The Kier molecular flexibility index (Phi) is 3.53. The minimum Gasteiger partial charge on any atom is -0.335 e. The van der Waals surface area contributed by atoms with Crippen LogP contribution in [-0.4, -0.2) is 36.0 Å². The van der Waals surface area contributed by atoms with Crippen molar-refractivity contribution in [2.75, 3.05) is 19.6 Å². The van der Waals surface area contributed by atoms with Crippen molar-refractivity contribution in [3.05, 3.63) is 0 Å². The molecule has 14 heavy (non-hydrogen) atoms. The first-order valence-electron chi connectivity index (χ1n) is 5.44. The standard InChI is InChI=1S/C11H22N2O/c1-9(2)7-10(14)13-6-5-12-8-11(13,3)4/h9,12H,5-8H2,1-4H3. The van der Waals surface area contributed by atoms with Gasteiger partial charge in [0.05, 0.1) is 0 Å². The third kappa shape index (κ3) is 2.71. The number of carbonyl (C=O) groups excluding carboxylic acids is 1. The van der Waals surface area contributed by atoms with Gasteiger partial charge in [-0.25, -0.2) is 0 Å². The van der Waals surface area contributed by atoms with E-state index in [0.717, 1.165) is 19.6 Å². The lowest BCUT2D eigenvalue weighted by molar-refractivity contribution is -0.138. The molecule has 1 amide bonds. The van der Waals surface area contributed by atoms with E-state index in [2.05, 4.69) is 33.0 Å². The van der Waals surface area contributed by atoms with E-state index in [9.17, 15) is 4.79 Å². The molecule has 0 unspecified atom stereocenters. The van der Waals surface area contributed by atoms with Crippen molar-refractivity contribution in [2.24, 2.45) is 5.92 Å². The molecule has 1 fully saturated rings. The molecule has 0 aromatic rings. The highest BCUT2D eigenvalue weighted by atomic mass is 16.2. The molecular weight excluding hydrogens is 176 g/mol. The van der Waals surface area contributed by atoms with Gasteiger partial charge in [-0.3, -0.25) is 4.79 Å². The Hall–Kier alpha value is -0.570. The fraction of sp³-hybridized carbons (Fsp3) is 0.909. The van der Waals surface area contributed by atoms with Gasteiger partial charge in [0.15, 0.2) is 0 Å². The van der Waals surface area contributed by atoms with Crippen LogP contribution in [0.4, 0.5) is 0 Å². The Morgan fingerprint density at radius 3 is 2.64 bits per heavy atom. The van der Waals surface area contributed by atoms with Crippen molar-refractivity contribution in [3.8, 4) is 0 Å². The van der Waals surface area contributed by atoms with E-state index in [4.69, 9.17) is 0 Å². The van der Waals surface area contributed by atoms with Gasteiger partial charge in [0.25, 0.3) is 0 Å². The average Bonchev–Trinajstić information content (AvgIpc) is 2.01. The lowest BCUT2D eigenvalue weighted by Crippen LogP contribution is -2.59. The van der Waals surface area contributed by atoms with Gasteiger partial charge in [0.2, 0.25) is 5.91 Å². The van der Waals surface area contributed by atoms with Gasteiger partial charge in [-0.15, -0.1) is 0 Å². The topological polar surface area (TPSA) is 32.3 Å². The van der Waals surface area contributed by atoms with Gasteiger partial charge >= 0.3 is 0 Å². The molecule has 3 nitrogen and oxygen atoms in total. The lowest BCUT2D eigenvalue weighted by atomic mass is 9.98. The van der Waals surface area contributed by atoms with Gasteiger partial charge in [-0.2, -0.15) is 0 Å². The summed E-state index contributed by atoms with van der Waals surface area (Å²) in [5.41, 5.74) is -0.0236. The first kappa shape index (κ1) is 11.5. The van der Waals surface area contributed by atoms with Gasteiger partial charge in [-0.05, 0) is 19.8 Å². The summed E-state index contributed by atoms with van der Waals surface area (Å²) in [6, 6.07) is 0. The second-order valence-electron chi connectivity index (χ2n) is 5.13. The van der Waals surface area contributed by atoms with Crippen LogP contribution in [0.15, 0.2) is 0 Å². The molecule has 0 aromatic heterocycles. The SMILES string of the molecule is CC(C)CC(=O)N1CCNCC1(C)C. The summed E-state index contributed by atoms with van der Waals surface area (Å²) in [5.74, 6) is 0.750. The summed E-state index contributed by atoms with van der Waals surface area (Å²) >= 11 is 0. The first-order chi connectivity index (χ1) is 6.43. The smallest absolute Gasteiger partial charge is 0.223 e. The van der Waals surface area contributed by atoms with Crippen LogP contribution in [0.5, 0.6) is 0 Å². The number of amides is 1. The van der Waals surface area contributed by atoms with E-state index in [-0.39, 0.29) is 5.54 Å². The van der Waals surface area contributed by atoms with Crippen LogP contribution < -0.4 is 5.32 Å². The number of hydrogen-bond acceptors (Lipinski definition) is 2. The zero-order valence-electron chi connectivity index (χ0n) is 9.76. The molecular formula is C11H22N2O. The van der Waals surface area contributed by atoms with Crippen molar-refractivity contribution >= 4 is 5.91 Å². The number of nitrogens with one attached hydrogen (secondary N) is 1. The zero-order valence-corrected chi connectivity index (χ0v) is 9.76. The summed E-state index contributed by atoms with van der Waals surface area (Å²) in [7, 11) is 0. The van der Waals surface area contributed by atoms with E-state index in [1.54, 1.807) is 0 Å². The fourth-order valence-corrected chi connectivity index (χ4v) is 1.90. The molecule has 0 aliphatic carbocycles. The molecule has 0 spiro atoms. The average molecular weight is 198 g/mol. The fourth-order valence-electron chi connectivity index (χ4n) is 1.90. The van der Waals surface area contributed by atoms with E-state index in [0.29, 0.717) is 18.2 Å². The van der Waals surface area contributed by atoms with Crippen LogP contribution in [0.25, 0.3) is 0 Å².